The van der Waals surface area contributed by atoms with Gasteiger partial charge in [-0.25, -0.2) is 0 Å². The second kappa shape index (κ2) is 5.86. The number of piperidine rings is 1. The van der Waals surface area contributed by atoms with Crippen molar-refractivity contribution < 1.29 is 4.79 Å². The largest absolute Gasteiger partial charge is 0.399 e. The van der Waals surface area contributed by atoms with Crippen LogP contribution < -0.4 is 5.73 Å². The average Bonchev–Trinajstić information content (AvgIpc) is 2.38. The number of anilines is 1. The van der Waals surface area contributed by atoms with E-state index in [0.29, 0.717) is 11.8 Å². The standard InChI is InChI=1S/C17H26N2O/c1-17(2,3)14-7-9-19(10-8-14)16(20)12-13-5-4-6-15(18)11-13/h4-6,11,14H,7-10,12,18H2,1-3H3. The lowest BCUT2D eigenvalue weighted by Crippen LogP contribution is -2.42. The fraction of sp³-hybridized carbons (Fsp3) is 0.588. The highest BCUT2D eigenvalue weighted by atomic mass is 16.2. The van der Waals surface area contributed by atoms with Crippen LogP contribution >= 0.6 is 0 Å². The van der Waals surface area contributed by atoms with Gasteiger partial charge < -0.3 is 10.6 Å². The molecule has 0 atom stereocenters. The van der Waals surface area contributed by atoms with Crippen LogP contribution in [0, 0.1) is 11.3 Å². The second-order valence-corrected chi connectivity index (χ2v) is 6.94. The van der Waals surface area contributed by atoms with Crippen LogP contribution in [-0.2, 0) is 11.2 Å². The molecule has 0 radical (unpaired) electrons. The van der Waals surface area contributed by atoms with Crippen molar-refractivity contribution in [3.63, 3.8) is 0 Å². The second-order valence-electron chi connectivity index (χ2n) is 6.94. The molecule has 3 heteroatoms. The molecule has 0 spiro atoms. The maximum atomic E-state index is 12.3. The maximum Gasteiger partial charge on any atom is 0.226 e. The van der Waals surface area contributed by atoms with Crippen LogP contribution in [0.15, 0.2) is 24.3 Å². The van der Waals surface area contributed by atoms with Crippen molar-refractivity contribution in [3.8, 4) is 0 Å². The van der Waals surface area contributed by atoms with Gasteiger partial charge in [-0.1, -0.05) is 32.9 Å². The van der Waals surface area contributed by atoms with E-state index in [1.165, 1.54) is 0 Å². The highest BCUT2D eigenvalue weighted by Gasteiger charge is 2.30. The van der Waals surface area contributed by atoms with E-state index in [1.807, 2.05) is 29.2 Å². The molecule has 1 aromatic rings. The number of hydrogen-bond donors (Lipinski definition) is 1. The molecule has 20 heavy (non-hydrogen) atoms. The van der Waals surface area contributed by atoms with Crippen molar-refractivity contribution >= 4 is 11.6 Å². The molecule has 0 aromatic heterocycles. The van der Waals surface area contributed by atoms with Crippen LogP contribution in [0.2, 0.25) is 0 Å². The van der Waals surface area contributed by atoms with Gasteiger partial charge in [0.15, 0.2) is 0 Å². The minimum Gasteiger partial charge on any atom is -0.399 e. The monoisotopic (exact) mass is 274 g/mol. The zero-order valence-electron chi connectivity index (χ0n) is 12.9. The Labute approximate surface area is 122 Å². The Bertz CT molecular complexity index is 468. The summed E-state index contributed by atoms with van der Waals surface area (Å²) in [5, 5.41) is 0. The summed E-state index contributed by atoms with van der Waals surface area (Å²) in [6, 6.07) is 7.61. The van der Waals surface area contributed by atoms with Gasteiger partial charge in [-0.05, 0) is 41.9 Å². The molecular formula is C17H26N2O. The summed E-state index contributed by atoms with van der Waals surface area (Å²) in [4.78, 5) is 14.3. The third kappa shape index (κ3) is 3.75. The lowest BCUT2D eigenvalue weighted by molar-refractivity contribution is -0.132. The zero-order valence-corrected chi connectivity index (χ0v) is 12.9. The molecule has 0 aliphatic carbocycles. The molecule has 0 unspecified atom stereocenters. The summed E-state index contributed by atoms with van der Waals surface area (Å²) >= 11 is 0. The number of carbonyl (C=O) groups excluding carboxylic acids is 1. The highest BCUT2D eigenvalue weighted by Crippen LogP contribution is 2.34. The highest BCUT2D eigenvalue weighted by molar-refractivity contribution is 5.79. The van der Waals surface area contributed by atoms with E-state index >= 15 is 0 Å². The van der Waals surface area contributed by atoms with Gasteiger partial charge in [0.25, 0.3) is 0 Å². The Kier molecular flexibility index (Phi) is 4.36. The minimum atomic E-state index is 0.225. The summed E-state index contributed by atoms with van der Waals surface area (Å²) in [6.07, 6.45) is 2.70. The summed E-state index contributed by atoms with van der Waals surface area (Å²) in [7, 11) is 0. The number of nitrogen functional groups attached to an aromatic ring is 1. The van der Waals surface area contributed by atoms with Crippen LogP contribution in [-0.4, -0.2) is 23.9 Å². The first-order valence-electron chi connectivity index (χ1n) is 7.48. The van der Waals surface area contributed by atoms with Crippen LogP contribution in [0.3, 0.4) is 0 Å². The Morgan fingerprint density at radius 3 is 2.50 bits per heavy atom. The summed E-state index contributed by atoms with van der Waals surface area (Å²) in [5.41, 5.74) is 7.84. The number of hydrogen-bond acceptors (Lipinski definition) is 2. The van der Waals surface area contributed by atoms with Gasteiger partial charge in [0, 0.05) is 18.8 Å². The molecule has 0 bridgehead atoms. The third-order valence-electron chi connectivity index (χ3n) is 4.38. The predicted octanol–water partition coefficient (Wildman–Crippen LogP) is 3.10. The molecule has 0 saturated carbocycles. The molecule has 1 aromatic carbocycles. The van der Waals surface area contributed by atoms with E-state index in [0.717, 1.165) is 43.1 Å². The topological polar surface area (TPSA) is 46.3 Å². The fourth-order valence-corrected chi connectivity index (χ4v) is 2.98. The molecule has 110 valence electrons. The molecule has 3 nitrogen and oxygen atoms in total. The number of nitrogens with zero attached hydrogens (tertiary/aromatic N) is 1. The zero-order chi connectivity index (χ0) is 14.8. The molecule has 1 amide bonds. The van der Waals surface area contributed by atoms with E-state index in [4.69, 9.17) is 5.73 Å². The lowest BCUT2D eigenvalue weighted by atomic mass is 9.75. The predicted molar refractivity (Wildman–Crippen MR) is 83.3 cm³/mol. The number of likely N-dealkylation sites (tertiary alicyclic amines) is 1. The van der Waals surface area contributed by atoms with E-state index in [9.17, 15) is 4.79 Å². The van der Waals surface area contributed by atoms with Crippen molar-refractivity contribution in [1.29, 1.82) is 0 Å². The first kappa shape index (κ1) is 14.9. The van der Waals surface area contributed by atoms with Gasteiger partial charge in [-0.3, -0.25) is 4.79 Å². The van der Waals surface area contributed by atoms with Gasteiger partial charge in [-0.15, -0.1) is 0 Å². The van der Waals surface area contributed by atoms with Crippen LogP contribution in [0.25, 0.3) is 0 Å². The van der Waals surface area contributed by atoms with E-state index in [2.05, 4.69) is 20.8 Å². The van der Waals surface area contributed by atoms with Crippen molar-refractivity contribution in [3.05, 3.63) is 29.8 Å². The van der Waals surface area contributed by atoms with Crippen LogP contribution in [0.5, 0.6) is 0 Å². The van der Waals surface area contributed by atoms with E-state index < -0.39 is 0 Å². The Morgan fingerprint density at radius 2 is 1.95 bits per heavy atom. The summed E-state index contributed by atoms with van der Waals surface area (Å²) < 4.78 is 0. The molecule has 2 rings (SSSR count). The van der Waals surface area contributed by atoms with Gasteiger partial charge in [-0.2, -0.15) is 0 Å². The molecular weight excluding hydrogens is 248 g/mol. The average molecular weight is 274 g/mol. The third-order valence-corrected chi connectivity index (χ3v) is 4.38. The number of nitrogens with two attached hydrogens (primary N) is 1. The van der Waals surface area contributed by atoms with Crippen LogP contribution in [0.1, 0.15) is 39.2 Å². The van der Waals surface area contributed by atoms with Gasteiger partial charge in [0.2, 0.25) is 5.91 Å². The van der Waals surface area contributed by atoms with Gasteiger partial charge in [0.05, 0.1) is 6.42 Å². The maximum absolute atomic E-state index is 12.3. The molecule has 1 saturated heterocycles. The van der Waals surface area contributed by atoms with Crippen molar-refractivity contribution in [2.24, 2.45) is 11.3 Å². The SMILES string of the molecule is CC(C)(C)C1CCN(C(=O)Cc2cccc(N)c2)CC1. The van der Waals surface area contributed by atoms with Gasteiger partial charge >= 0.3 is 0 Å². The first-order chi connectivity index (χ1) is 9.36. The Balaban J connectivity index is 1.89. The number of benzene rings is 1. The summed E-state index contributed by atoms with van der Waals surface area (Å²) in [5.74, 6) is 0.946. The Hall–Kier alpha value is -1.51. The van der Waals surface area contributed by atoms with Crippen LogP contribution in [0.4, 0.5) is 5.69 Å². The molecule has 1 heterocycles. The number of carbonyl (C=O) groups is 1. The van der Waals surface area contributed by atoms with Crippen molar-refractivity contribution in [1.82, 2.24) is 4.90 Å². The Morgan fingerprint density at radius 1 is 1.30 bits per heavy atom. The number of amides is 1. The normalized spacial score (nSPS) is 17.2. The fourth-order valence-electron chi connectivity index (χ4n) is 2.98. The van der Waals surface area contributed by atoms with Crippen molar-refractivity contribution in [2.75, 3.05) is 18.8 Å². The molecule has 1 aliphatic heterocycles. The van der Waals surface area contributed by atoms with E-state index in [1.54, 1.807) is 0 Å². The molecule has 1 fully saturated rings. The minimum absolute atomic E-state index is 0.225. The quantitative estimate of drug-likeness (QED) is 0.842. The van der Waals surface area contributed by atoms with Crippen molar-refractivity contribution in [2.45, 2.75) is 40.0 Å². The first-order valence-corrected chi connectivity index (χ1v) is 7.48. The van der Waals surface area contributed by atoms with Gasteiger partial charge in [0.1, 0.15) is 0 Å². The smallest absolute Gasteiger partial charge is 0.226 e. The molecule has 2 N–H and O–H groups in total. The lowest BCUT2D eigenvalue weighted by Gasteiger charge is -2.38. The number of rotatable bonds is 2. The summed E-state index contributed by atoms with van der Waals surface area (Å²) in [6.45, 7) is 8.66. The molecule has 1 aliphatic rings. The van der Waals surface area contributed by atoms with E-state index in [-0.39, 0.29) is 5.91 Å².